The molecule has 0 aliphatic heterocycles. The molecule has 0 aliphatic carbocycles. The molecular formula is C40H76O15S. The van der Waals surface area contributed by atoms with Crippen LogP contribution in [0.5, 0.6) is 0 Å². The SMILES string of the molecule is CC(O)COC(C)COC(C)COC(C)COC(C)COC(C)COC(C)COC(C)COC(C)COC(C)COC(C)CO.Cc1ccc(S(=O)(=O)O)cc1. The van der Waals surface area contributed by atoms with Crippen molar-refractivity contribution in [3.63, 3.8) is 0 Å². The first-order valence-electron chi connectivity index (χ1n) is 19.7. The molecule has 1 rings (SSSR count). The smallest absolute Gasteiger partial charge is 0.294 e. The topological polar surface area (TPSA) is 187 Å². The highest BCUT2D eigenvalue weighted by atomic mass is 32.2. The fourth-order valence-electron chi connectivity index (χ4n) is 4.20. The molecule has 1 aromatic rings. The van der Waals surface area contributed by atoms with Gasteiger partial charge in [-0.15, -0.1) is 0 Å². The zero-order chi connectivity index (χ0) is 42.7. The van der Waals surface area contributed by atoms with E-state index in [4.69, 9.17) is 57.0 Å². The lowest BCUT2D eigenvalue weighted by atomic mass is 10.2. The van der Waals surface area contributed by atoms with Crippen LogP contribution in [-0.2, 0) is 57.5 Å². The summed E-state index contributed by atoms with van der Waals surface area (Å²) in [5.74, 6) is 0. The molecule has 0 bridgehead atoms. The van der Waals surface area contributed by atoms with E-state index in [0.717, 1.165) is 5.56 Å². The van der Waals surface area contributed by atoms with Crippen molar-refractivity contribution in [2.45, 2.75) is 155 Å². The Hall–Kier alpha value is -1.35. The second kappa shape index (κ2) is 31.6. The molecule has 0 saturated heterocycles. The van der Waals surface area contributed by atoms with Crippen molar-refractivity contribution in [1.82, 2.24) is 0 Å². The molecule has 16 heteroatoms. The van der Waals surface area contributed by atoms with Crippen molar-refractivity contribution in [2.24, 2.45) is 0 Å². The van der Waals surface area contributed by atoms with Gasteiger partial charge in [0.05, 0.1) is 145 Å². The number of benzene rings is 1. The minimum atomic E-state index is -4.02. The molecule has 11 unspecified atom stereocenters. The first kappa shape index (κ1) is 54.6. The number of aliphatic hydroxyl groups is 2. The molecule has 1 aromatic carbocycles. The highest BCUT2D eigenvalue weighted by Crippen LogP contribution is 2.09. The Morgan fingerprint density at radius 2 is 0.643 bits per heavy atom. The predicted molar refractivity (Wildman–Crippen MR) is 214 cm³/mol. The third kappa shape index (κ3) is 31.6. The first-order valence-corrected chi connectivity index (χ1v) is 21.1. The van der Waals surface area contributed by atoms with Crippen LogP contribution in [0.2, 0.25) is 0 Å². The lowest BCUT2D eigenvalue weighted by Crippen LogP contribution is -2.30. The van der Waals surface area contributed by atoms with Gasteiger partial charge in [-0.1, -0.05) is 17.7 Å². The second-order valence-corrected chi connectivity index (χ2v) is 16.2. The molecule has 15 nitrogen and oxygen atoms in total. The molecule has 0 heterocycles. The largest absolute Gasteiger partial charge is 0.394 e. The van der Waals surface area contributed by atoms with Crippen LogP contribution in [-0.4, -0.2) is 163 Å². The van der Waals surface area contributed by atoms with E-state index in [1.807, 2.05) is 76.2 Å². The van der Waals surface area contributed by atoms with Crippen LogP contribution < -0.4 is 0 Å². The van der Waals surface area contributed by atoms with E-state index in [1.165, 1.54) is 12.1 Å². The van der Waals surface area contributed by atoms with E-state index in [2.05, 4.69) is 0 Å². The molecule has 0 radical (unpaired) electrons. The molecule has 0 aromatic heterocycles. The molecule has 0 saturated carbocycles. The van der Waals surface area contributed by atoms with Gasteiger partial charge in [-0.2, -0.15) is 8.42 Å². The van der Waals surface area contributed by atoms with E-state index < -0.39 is 16.2 Å². The molecule has 56 heavy (non-hydrogen) atoms. The van der Waals surface area contributed by atoms with Crippen molar-refractivity contribution in [3.05, 3.63) is 29.8 Å². The van der Waals surface area contributed by atoms with Gasteiger partial charge < -0.3 is 57.6 Å². The Morgan fingerprint density at radius 1 is 0.429 bits per heavy atom. The third-order valence-corrected chi connectivity index (χ3v) is 8.60. The minimum absolute atomic E-state index is 0.00500. The van der Waals surface area contributed by atoms with E-state index in [-0.39, 0.29) is 72.5 Å². The third-order valence-electron chi connectivity index (χ3n) is 7.74. The zero-order valence-corrected chi connectivity index (χ0v) is 36.9. The predicted octanol–water partition coefficient (Wildman–Crippen LogP) is 4.65. The Labute approximate surface area is 337 Å². The van der Waals surface area contributed by atoms with Gasteiger partial charge in [-0.25, -0.2) is 0 Å². The number of rotatable bonds is 32. The molecule has 0 aliphatic rings. The van der Waals surface area contributed by atoms with E-state index >= 15 is 0 Å². The van der Waals surface area contributed by atoms with E-state index in [0.29, 0.717) is 66.1 Å². The van der Waals surface area contributed by atoms with Crippen molar-refractivity contribution >= 4 is 10.1 Å². The summed E-state index contributed by atoms with van der Waals surface area (Å²) < 4.78 is 87.3. The highest BCUT2D eigenvalue weighted by molar-refractivity contribution is 7.85. The minimum Gasteiger partial charge on any atom is -0.394 e. The first-order chi connectivity index (χ1) is 26.2. The van der Waals surface area contributed by atoms with Crippen LogP contribution >= 0.6 is 0 Å². The summed E-state index contributed by atoms with van der Waals surface area (Å²) in [5.41, 5.74) is 0.956. The number of aryl methyl sites for hydroxylation is 1. The van der Waals surface area contributed by atoms with E-state index in [1.54, 1.807) is 19.1 Å². The average molecular weight is 829 g/mol. The Balaban J connectivity index is 0.00000233. The van der Waals surface area contributed by atoms with Gasteiger partial charge in [0, 0.05) is 0 Å². The molecular weight excluding hydrogens is 752 g/mol. The van der Waals surface area contributed by atoms with Crippen LogP contribution in [0.25, 0.3) is 0 Å². The molecule has 3 N–H and O–H groups in total. The average Bonchev–Trinajstić information content (AvgIpc) is 3.15. The fourth-order valence-corrected chi connectivity index (χ4v) is 4.68. The summed E-state index contributed by atoms with van der Waals surface area (Å²) in [4.78, 5) is -0.0666. The highest BCUT2D eigenvalue weighted by Gasteiger charge is 2.16. The maximum atomic E-state index is 10.5. The molecule has 332 valence electrons. The summed E-state index contributed by atoms with van der Waals surface area (Å²) >= 11 is 0. The second-order valence-electron chi connectivity index (χ2n) is 14.8. The molecule has 0 fully saturated rings. The molecule has 0 amide bonds. The standard InChI is InChI=1S/C33H68O12.C7H8O3S/c1-23(35)13-36-25(3)15-38-27(5)17-40-29(7)19-42-31(9)21-44-33(11)22-45-32(10)20-43-30(8)18-41-28(6)16-39-26(4)14-37-24(2)12-34;1-6-2-4-7(5-3-6)11(8,9)10/h23-35H,12-22H2,1-11H3;2-5H,1H3,(H,8,9,10). The number of hydrogen-bond acceptors (Lipinski definition) is 14. The van der Waals surface area contributed by atoms with Crippen LogP contribution in [0.4, 0.5) is 0 Å². The van der Waals surface area contributed by atoms with Crippen molar-refractivity contribution < 1.29 is 70.6 Å². The van der Waals surface area contributed by atoms with Crippen LogP contribution in [0, 0.1) is 6.92 Å². The van der Waals surface area contributed by atoms with Crippen LogP contribution in [0.3, 0.4) is 0 Å². The summed E-state index contributed by atoms with van der Waals surface area (Å²) in [6.45, 7) is 27.3. The van der Waals surface area contributed by atoms with Gasteiger partial charge in [0.1, 0.15) is 0 Å². The Bertz CT molecular complexity index is 1170. The van der Waals surface area contributed by atoms with Gasteiger partial charge in [0.2, 0.25) is 0 Å². The van der Waals surface area contributed by atoms with Gasteiger partial charge >= 0.3 is 0 Å². The lowest BCUT2D eigenvalue weighted by Gasteiger charge is -2.23. The van der Waals surface area contributed by atoms with Crippen LogP contribution in [0.15, 0.2) is 29.2 Å². The maximum absolute atomic E-state index is 10.5. The van der Waals surface area contributed by atoms with E-state index in [9.17, 15) is 13.5 Å². The summed E-state index contributed by atoms with van der Waals surface area (Å²) in [6.07, 6.45) is -1.41. The van der Waals surface area contributed by atoms with Crippen LogP contribution in [0.1, 0.15) is 81.7 Å². The number of ether oxygens (including phenoxy) is 10. The summed E-state index contributed by atoms with van der Waals surface area (Å²) in [5, 5.41) is 18.3. The summed E-state index contributed by atoms with van der Waals surface area (Å²) in [6, 6.07) is 5.99. The van der Waals surface area contributed by atoms with Crippen molar-refractivity contribution in [1.29, 1.82) is 0 Å². The monoisotopic (exact) mass is 828 g/mol. The molecule has 0 spiro atoms. The van der Waals surface area contributed by atoms with Crippen molar-refractivity contribution in [2.75, 3.05) is 72.7 Å². The van der Waals surface area contributed by atoms with Gasteiger partial charge in [0.25, 0.3) is 10.1 Å². The van der Waals surface area contributed by atoms with Gasteiger partial charge in [-0.05, 0) is 95.2 Å². The van der Waals surface area contributed by atoms with Gasteiger partial charge in [-0.3, -0.25) is 4.55 Å². The quantitative estimate of drug-likeness (QED) is 0.0852. The fraction of sp³-hybridized carbons (Fsp3) is 0.850. The Morgan fingerprint density at radius 3 is 0.839 bits per heavy atom. The zero-order valence-electron chi connectivity index (χ0n) is 36.1. The lowest BCUT2D eigenvalue weighted by molar-refractivity contribution is -0.113. The normalized spacial score (nSPS) is 18.1. The summed E-state index contributed by atoms with van der Waals surface area (Å²) in [7, 11) is -4.02. The molecule has 11 atom stereocenters. The number of hydrogen-bond donors (Lipinski definition) is 3. The Kier molecular flexibility index (Phi) is 30.8. The number of aliphatic hydroxyl groups excluding tert-OH is 2. The van der Waals surface area contributed by atoms with Gasteiger partial charge in [0.15, 0.2) is 0 Å². The maximum Gasteiger partial charge on any atom is 0.294 e. The van der Waals surface area contributed by atoms with Crippen molar-refractivity contribution in [3.8, 4) is 0 Å².